The van der Waals surface area contributed by atoms with Gasteiger partial charge in [-0.25, -0.2) is 4.39 Å². The summed E-state index contributed by atoms with van der Waals surface area (Å²) in [7, 11) is 0. The summed E-state index contributed by atoms with van der Waals surface area (Å²) in [5.74, 6) is 0.0246. The molecule has 0 heterocycles. The zero-order valence-electron chi connectivity index (χ0n) is 9.89. The maximum atomic E-state index is 13.1. The van der Waals surface area contributed by atoms with Crippen LogP contribution in [0.25, 0.3) is 0 Å². The van der Waals surface area contributed by atoms with Crippen LogP contribution in [0, 0.1) is 22.9 Å². The molecular weight excluding hydrogens is 317 g/mol. The van der Waals surface area contributed by atoms with E-state index in [1.54, 1.807) is 19.1 Å². The number of nitrogens with zero attached hydrogens (tertiary/aromatic N) is 1. The van der Waals surface area contributed by atoms with Crippen LogP contribution in [0.3, 0.4) is 0 Å². The lowest BCUT2D eigenvalue weighted by Crippen LogP contribution is -1.96. The minimum atomic E-state index is -0.497. The lowest BCUT2D eigenvalue weighted by molar-refractivity contribution is -0.386. The van der Waals surface area contributed by atoms with E-state index in [2.05, 4.69) is 15.9 Å². The Morgan fingerprint density at radius 3 is 2.68 bits per heavy atom. The first-order valence-electron chi connectivity index (χ1n) is 5.36. The van der Waals surface area contributed by atoms with Crippen LogP contribution in [0.4, 0.5) is 10.1 Å². The van der Waals surface area contributed by atoms with Crippen molar-refractivity contribution in [3.63, 3.8) is 0 Å². The molecule has 0 N–H and O–H groups in total. The topological polar surface area (TPSA) is 52.4 Å². The lowest BCUT2D eigenvalue weighted by Gasteiger charge is -2.08. The fraction of sp³-hybridized carbons (Fsp3) is 0.0769. The number of hydrogen-bond acceptors (Lipinski definition) is 3. The van der Waals surface area contributed by atoms with Crippen LogP contribution < -0.4 is 4.74 Å². The number of hydrogen-bond donors (Lipinski definition) is 0. The zero-order valence-corrected chi connectivity index (χ0v) is 11.5. The predicted octanol–water partition coefficient (Wildman–Crippen LogP) is 4.60. The molecule has 0 amide bonds. The molecule has 4 nitrogen and oxygen atoms in total. The van der Waals surface area contributed by atoms with Crippen molar-refractivity contribution in [1.29, 1.82) is 0 Å². The third-order valence-corrected chi connectivity index (χ3v) is 3.11. The van der Waals surface area contributed by atoms with Gasteiger partial charge in [-0.2, -0.15) is 0 Å². The lowest BCUT2D eigenvalue weighted by atomic mass is 10.2. The Morgan fingerprint density at radius 1 is 1.32 bits per heavy atom. The molecular formula is C13H9BrFNO3. The zero-order chi connectivity index (χ0) is 14.0. The molecule has 0 aliphatic rings. The van der Waals surface area contributed by atoms with Gasteiger partial charge in [0, 0.05) is 5.56 Å². The standard InChI is InChI=1S/C13H9BrFNO3/c1-8-3-2-4-12(13(8)16(17)18)19-9-5-6-11(15)10(14)7-9/h2-7H,1H3. The van der Waals surface area contributed by atoms with E-state index in [4.69, 9.17) is 4.74 Å². The number of ether oxygens (including phenoxy) is 1. The Hall–Kier alpha value is -1.95. The molecule has 19 heavy (non-hydrogen) atoms. The van der Waals surface area contributed by atoms with Gasteiger partial charge in [-0.05, 0) is 47.1 Å². The summed E-state index contributed by atoms with van der Waals surface area (Å²) in [5, 5.41) is 11.0. The van der Waals surface area contributed by atoms with Crippen molar-refractivity contribution in [3.05, 3.63) is 62.4 Å². The molecule has 0 saturated heterocycles. The molecule has 2 rings (SSSR count). The number of para-hydroxylation sites is 1. The SMILES string of the molecule is Cc1cccc(Oc2ccc(F)c(Br)c2)c1[N+](=O)[O-]. The van der Waals surface area contributed by atoms with Crippen LogP contribution in [0.5, 0.6) is 11.5 Å². The summed E-state index contributed by atoms with van der Waals surface area (Å²) in [4.78, 5) is 10.5. The van der Waals surface area contributed by atoms with Gasteiger partial charge < -0.3 is 4.74 Å². The fourth-order valence-corrected chi connectivity index (χ4v) is 1.97. The average Bonchev–Trinajstić information content (AvgIpc) is 2.33. The molecule has 2 aromatic rings. The molecule has 0 atom stereocenters. The summed E-state index contributed by atoms with van der Waals surface area (Å²) >= 11 is 3.03. The van der Waals surface area contributed by atoms with E-state index < -0.39 is 10.7 Å². The van der Waals surface area contributed by atoms with Crippen molar-refractivity contribution in [1.82, 2.24) is 0 Å². The van der Waals surface area contributed by atoms with Crippen molar-refractivity contribution in [2.45, 2.75) is 6.92 Å². The second-order valence-electron chi connectivity index (χ2n) is 3.86. The number of halogens is 2. The van der Waals surface area contributed by atoms with Gasteiger partial charge >= 0.3 is 5.69 Å². The van der Waals surface area contributed by atoms with E-state index in [1.807, 2.05) is 0 Å². The summed E-state index contributed by atoms with van der Waals surface area (Å²) in [6, 6.07) is 8.85. The highest BCUT2D eigenvalue weighted by atomic mass is 79.9. The van der Waals surface area contributed by atoms with Gasteiger partial charge in [-0.1, -0.05) is 12.1 Å². The minimum absolute atomic E-state index is 0.0945. The summed E-state index contributed by atoms with van der Waals surface area (Å²) < 4.78 is 18.8. The quantitative estimate of drug-likeness (QED) is 0.612. The summed E-state index contributed by atoms with van der Waals surface area (Å²) in [6.07, 6.45) is 0. The number of nitro groups is 1. The molecule has 0 aromatic heterocycles. The third-order valence-electron chi connectivity index (χ3n) is 2.50. The molecule has 0 fully saturated rings. The molecule has 0 aliphatic carbocycles. The molecule has 0 radical (unpaired) electrons. The van der Waals surface area contributed by atoms with Gasteiger partial charge in [0.15, 0.2) is 0 Å². The largest absolute Gasteiger partial charge is 0.450 e. The summed E-state index contributed by atoms with van der Waals surface area (Å²) in [6.45, 7) is 1.63. The predicted molar refractivity (Wildman–Crippen MR) is 72.0 cm³/mol. The van der Waals surface area contributed by atoms with Crippen molar-refractivity contribution in [2.24, 2.45) is 0 Å². The van der Waals surface area contributed by atoms with Gasteiger partial charge in [-0.15, -0.1) is 0 Å². The van der Waals surface area contributed by atoms with Crippen LogP contribution in [-0.4, -0.2) is 4.92 Å². The fourth-order valence-electron chi connectivity index (χ4n) is 1.62. The molecule has 2 aromatic carbocycles. The number of rotatable bonds is 3. The highest BCUT2D eigenvalue weighted by molar-refractivity contribution is 9.10. The maximum absolute atomic E-state index is 13.1. The number of aryl methyl sites for hydroxylation is 1. The van der Waals surface area contributed by atoms with Crippen molar-refractivity contribution in [3.8, 4) is 11.5 Å². The van der Waals surface area contributed by atoms with Gasteiger partial charge in [0.1, 0.15) is 11.6 Å². The first-order chi connectivity index (χ1) is 8.99. The highest BCUT2D eigenvalue weighted by Gasteiger charge is 2.18. The molecule has 0 spiro atoms. The third kappa shape index (κ3) is 2.90. The number of benzene rings is 2. The van der Waals surface area contributed by atoms with Crippen LogP contribution in [0.1, 0.15) is 5.56 Å². The van der Waals surface area contributed by atoms with E-state index in [0.717, 1.165) is 0 Å². The normalized spacial score (nSPS) is 10.3. The Morgan fingerprint density at radius 2 is 2.05 bits per heavy atom. The van der Waals surface area contributed by atoms with Gasteiger partial charge in [0.25, 0.3) is 0 Å². The van der Waals surface area contributed by atoms with Crippen LogP contribution in [0.15, 0.2) is 40.9 Å². The molecule has 0 unspecified atom stereocenters. The van der Waals surface area contributed by atoms with Gasteiger partial charge in [0.2, 0.25) is 5.75 Å². The molecule has 0 bridgehead atoms. The second kappa shape index (κ2) is 5.36. The number of nitro benzene ring substituents is 1. The van der Waals surface area contributed by atoms with Crippen LogP contribution in [0.2, 0.25) is 0 Å². The Kier molecular flexibility index (Phi) is 3.80. The molecule has 6 heteroatoms. The maximum Gasteiger partial charge on any atom is 0.314 e. The highest BCUT2D eigenvalue weighted by Crippen LogP contribution is 2.34. The van der Waals surface area contributed by atoms with Crippen LogP contribution >= 0.6 is 15.9 Å². The average molecular weight is 326 g/mol. The van der Waals surface area contributed by atoms with Crippen molar-refractivity contribution in [2.75, 3.05) is 0 Å². The first-order valence-corrected chi connectivity index (χ1v) is 6.15. The monoisotopic (exact) mass is 325 g/mol. The first kappa shape index (κ1) is 13.5. The Balaban J connectivity index is 2.40. The van der Waals surface area contributed by atoms with Gasteiger partial charge in [0.05, 0.1) is 9.40 Å². The van der Waals surface area contributed by atoms with E-state index in [0.29, 0.717) is 11.3 Å². The molecule has 0 aliphatic heterocycles. The van der Waals surface area contributed by atoms with Crippen LogP contribution in [-0.2, 0) is 0 Å². The smallest absolute Gasteiger partial charge is 0.314 e. The Labute approximate surface area is 117 Å². The Bertz CT molecular complexity index is 646. The van der Waals surface area contributed by atoms with E-state index in [1.165, 1.54) is 24.3 Å². The van der Waals surface area contributed by atoms with E-state index in [9.17, 15) is 14.5 Å². The van der Waals surface area contributed by atoms with Gasteiger partial charge in [-0.3, -0.25) is 10.1 Å². The van der Waals surface area contributed by atoms with E-state index in [-0.39, 0.29) is 15.9 Å². The molecule has 0 saturated carbocycles. The minimum Gasteiger partial charge on any atom is -0.450 e. The molecule has 98 valence electrons. The van der Waals surface area contributed by atoms with Crippen molar-refractivity contribution >= 4 is 21.6 Å². The summed E-state index contributed by atoms with van der Waals surface area (Å²) in [5.41, 5.74) is 0.409. The van der Waals surface area contributed by atoms with E-state index >= 15 is 0 Å². The second-order valence-corrected chi connectivity index (χ2v) is 4.71. The van der Waals surface area contributed by atoms with Crippen molar-refractivity contribution < 1.29 is 14.1 Å².